The van der Waals surface area contributed by atoms with Crippen molar-refractivity contribution in [2.75, 3.05) is 57.4 Å². The molecular formula is C24H27N3O4S. The molecule has 5 aliphatic rings. The number of benzene rings is 1. The number of amides is 2. The Hall–Kier alpha value is -2.42. The fourth-order valence-electron chi connectivity index (χ4n) is 5.56. The van der Waals surface area contributed by atoms with E-state index >= 15 is 0 Å². The van der Waals surface area contributed by atoms with Crippen molar-refractivity contribution in [3.05, 3.63) is 42.0 Å². The Bertz CT molecular complexity index is 1040. The number of thiophene rings is 1. The smallest absolute Gasteiger partial charge is 0.415 e. The molecule has 8 heteroatoms. The van der Waals surface area contributed by atoms with E-state index in [1.165, 1.54) is 0 Å². The number of anilines is 1. The molecule has 1 aromatic carbocycles. The van der Waals surface area contributed by atoms with Crippen molar-refractivity contribution >= 4 is 28.3 Å². The maximum Gasteiger partial charge on any atom is 0.415 e. The van der Waals surface area contributed by atoms with Crippen molar-refractivity contribution in [3.63, 3.8) is 0 Å². The topological polar surface area (TPSA) is 62.3 Å². The average molecular weight is 454 g/mol. The molecule has 5 fully saturated rings. The predicted molar refractivity (Wildman–Crippen MR) is 122 cm³/mol. The van der Waals surface area contributed by atoms with Gasteiger partial charge in [0, 0.05) is 36.0 Å². The molecule has 0 N–H and O–H groups in total. The summed E-state index contributed by atoms with van der Waals surface area (Å²) < 4.78 is 11.4. The van der Waals surface area contributed by atoms with E-state index in [4.69, 9.17) is 9.47 Å². The largest absolute Gasteiger partial charge is 0.439 e. The first-order valence-electron chi connectivity index (χ1n) is 11.4. The third-order valence-corrected chi connectivity index (χ3v) is 8.47. The second kappa shape index (κ2) is 7.86. The predicted octanol–water partition coefficient (Wildman–Crippen LogP) is 3.31. The highest BCUT2D eigenvalue weighted by atomic mass is 32.1. The van der Waals surface area contributed by atoms with Gasteiger partial charge in [-0.2, -0.15) is 0 Å². The van der Waals surface area contributed by atoms with Crippen LogP contribution in [-0.4, -0.2) is 79.9 Å². The fraction of sp³-hybridized carbons (Fsp3) is 0.500. The van der Waals surface area contributed by atoms with Crippen molar-refractivity contribution < 1.29 is 19.1 Å². The van der Waals surface area contributed by atoms with Crippen LogP contribution < -0.4 is 4.90 Å². The van der Waals surface area contributed by atoms with Gasteiger partial charge in [0.2, 0.25) is 0 Å². The lowest BCUT2D eigenvalue weighted by atomic mass is 9.75. The number of rotatable bonds is 3. The summed E-state index contributed by atoms with van der Waals surface area (Å²) in [4.78, 5) is 32.8. The molecule has 0 unspecified atom stereocenters. The van der Waals surface area contributed by atoms with E-state index in [-0.39, 0.29) is 17.6 Å². The number of hydrogen-bond acceptors (Lipinski definition) is 6. The summed E-state index contributed by atoms with van der Waals surface area (Å²) >= 11 is 1.58. The highest BCUT2D eigenvalue weighted by molar-refractivity contribution is 7.19. The molecule has 6 heterocycles. The Morgan fingerprint density at radius 1 is 1.03 bits per heavy atom. The molecule has 7 rings (SSSR count). The molecule has 32 heavy (non-hydrogen) atoms. The molecule has 7 nitrogen and oxygen atoms in total. The molecular weight excluding hydrogens is 426 g/mol. The Morgan fingerprint density at radius 2 is 1.84 bits per heavy atom. The van der Waals surface area contributed by atoms with Gasteiger partial charge in [0.05, 0.1) is 19.8 Å². The molecule has 1 spiro atoms. The summed E-state index contributed by atoms with van der Waals surface area (Å²) in [6.45, 7) is 6.15. The van der Waals surface area contributed by atoms with Gasteiger partial charge in [0.15, 0.2) is 0 Å². The van der Waals surface area contributed by atoms with Crippen molar-refractivity contribution in [2.24, 2.45) is 5.92 Å². The molecule has 0 saturated carbocycles. The highest BCUT2D eigenvalue weighted by Gasteiger charge is 2.55. The summed E-state index contributed by atoms with van der Waals surface area (Å²) in [5.74, 6) is 0.503. The second-order valence-electron chi connectivity index (χ2n) is 9.19. The first-order valence-corrected chi connectivity index (χ1v) is 12.2. The number of hydrogen-bond donors (Lipinski definition) is 0. The van der Waals surface area contributed by atoms with Gasteiger partial charge in [0.1, 0.15) is 10.6 Å². The maximum absolute atomic E-state index is 12.9. The van der Waals surface area contributed by atoms with Crippen LogP contribution in [0.5, 0.6) is 0 Å². The first-order chi connectivity index (χ1) is 15.6. The summed E-state index contributed by atoms with van der Waals surface area (Å²) in [7, 11) is 0. The molecule has 5 saturated heterocycles. The number of piperidine rings is 3. The quantitative estimate of drug-likeness (QED) is 0.714. The van der Waals surface area contributed by atoms with Crippen LogP contribution in [0.1, 0.15) is 23.2 Å². The molecule has 2 amide bonds. The van der Waals surface area contributed by atoms with Crippen LogP contribution in [0.15, 0.2) is 36.4 Å². The van der Waals surface area contributed by atoms with Gasteiger partial charge in [-0.25, -0.2) is 4.79 Å². The van der Waals surface area contributed by atoms with Crippen LogP contribution in [0.25, 0.3) is 10.4 Å². The van der Waals surface area contributed by atoms with Crippen LogP contribution in [-0.2, 0) is 9.47 Å². The summed E-state index contributed by atoms with van der Waals surface area (Å²) in [6, 6.07) is 11.8. The van der Waals surface area contributed by atoms with Crippen molar-refractivity contribution in [1.29, 1.82) is 0 Å². The monoisotopic (exact) mass is 453 g/mol. The minimum absolute atomic E-state index is 0.0411. The Balaban J connectivity index is 1.22. The zero-order chi connectivity index (χ0) is 21.7. The summed E-state index contributed by atoms with van der Waals surface area (Å²) in [6.07, 6.45) is 1.99. The van der Waals surface area contributed by atoms with Crippen molar-refractivity contribution in [2.45, 2.75) is 18.4 Å². The lowest BCUT2D eigenvalue weighted by Gasteiger charge is -2.49. The lowest BCUT2D eigenvalue weighted by molar-refractivity contribution is -0.0881. The van der Waals surface area contributed by atoms with Crippen LogP contribution in [0.3, 0.4) is 0 Å². The molecule has 5 aliphatic heterocycles. The van der Waals surface area contributed by atoms with E-state index in [2.05, 4.69) is 4.90 Å². The lowest BCUT2D eigenvalue weighted by Crippen LogP contribution is -2.61. The SMILES string of the molecule is O=C(c1cccc(-c2ccc(N3C[C@]4(CN5CCC4CC5)OC3=O)s2)c1)N1CCOCC1. The molecule has 168 valence electrons. The third kappa shape index (κ3) is 3.41. The van der Waals surface area contributed by atoms with Crippen LogP contribution in [0.2, 0.25) is 0 Å². The fourth-order valence-corrected chi connectivity index (χ4v) is 6.55. The summed E-state index contributed by atoms with van der Waals surface area (Å²) in [5.41, 5.74) is 1.32. The Morgan fingerprint density at radius 3 is 2.59 bits per heavy atom. The van der Waals surface area contributed by atoms with Crippen molar-refractivity contribution in [1.82, 2.24) is 9.80 Å². The number of ether oxygens (including phenoxy) is 2. The normalized spacial score (nSPS) is 29.6. The molecule has 1 aromatic heterocycles. The molecule has 2 bridgehead atoms. The number of carbonyl (C=O) groups excluding carboxylic acids is 2. The van der Waals surface area contributed by atoms with Gasteiger partial charge in [-0.3, -0.25) is 14.6 Å². The van der Waals surface area contributed by atoms with E-state index < -0.39 is 0 Å². The molecule has 1 atom stereocenters. The van der Waals surface area contributed by atoms with Gasteiger partial charge >= 0.3 is 6.09 Å². The number of carbonyl (C=O) groups is 2. The van der Waals surface area contributed by atoms with Crippen LogP contribution in [0, 0.1) is 5.92 Å². The van der Waals surface area contributed by atoms with E-state index in [0.717, 1.165) is 47.9 Å². The van der Waals surface area contributed by atoms with Gasteiger partial charge in [0.25, 0.3) is 5.91 Å². The average Bonchev–Trinajstić information content (AvgIpc) is 3.45. The second-order valence-corrected chi connectivity index (χ2v) is 10.3. The molecule has 0 aliphatic carbocycles. The van der Waals surface area contributed by atoms with Gasteiger partial charge < -0.3 is 14.4 Å². The van der Waals surface area contributed by atoms with Crippen molar-refractivity contribution in [3.8, 4) is 10.4 Å². The van der Waals surface area contributed by atoms with Crippen LogP contribution >= 0.6 is 11.3 Å². The van der Waals surface area contributed by atoms with Crippen LogP contribution in [0.4, 0.5) is 9.80 Å². The maximum atomic E-state index is 12.9. The third-order valence-electron chi connectivity index (χ3n) is 7.31. The van der Waals surface area contributed by atoms with E-state index in [0.29, 0.717) is 44.3 Å². The van der Waals surface area contributed by atoms with E-state index in [1.807, 2.05) is 41.3 Å². The minimum atomic E-state index is -0.359. The van der Waals surface area contributed by atoms with Gasteiger partial charge in [-0.15, -0.1) is 11.3 Å². The minimum Gasteiger partial charge on any atom is -0.439 e. The molecule has 2 aromatic rings. The van der Waals surface area contributed by atoms with E-state index in [1.54, 1.807) is 16.2 Å². The number of nitrogens with zero attached hydrogens (tertiary/aromatic N) is 3. The molecule has 0 radical (unpaired) electrons. The zero-order valence-corrected chi connectivity index (χ0v) is 18.8. The number of morpholine rings is 1. The highest BCUT2D eigenvalue weighted by Crippen LogP contribution is 2.45. The summed E-state index contributed by atoms with van der Waals surface area (Å²) in [5, 5.41) is 0.906. The standard InChI is InChI=1S/C24H27N3O4S/c28-22(26-10-12-30-13-11-26)18-3-1-2-17(14-18)20-4-5-21(32-20)27-16-24(31-23(27)29)15-25-8-6-19(24)7-9-25/h1-5,14,19H,6-13,15-16H2/t24-/m0/s1. The number of fused-ring (bicyclic) bond motifs is 2. The Labute approximate surface area is 191 Å². The van der Waals surface area contributed by atoms with Gasteiger partial charge in [-0.1, -0.05) is 12.1 Å². The zero-order valence-electron chi connectivity index (χ0n) is 18.0. The van der Waals surface area contributed by atoms with E-state index in [9.17, 15) is 9.59 Å². The van der Waals surface area contributed by atoms with Gasteiger partial charge in [-0.05, 0) is 55.8 Å². The first kappa shape index (κ1) is 20.2. The Kier molecular flexibility index (Phi) is 4.97.